The maximum atomic E-state index is 5.28. The molecule has 0 fully saturated rings. The van der Waals surface area contributed by atoms with Crippen LogP contribution in [0.15, 0.2) is 134 Å². The highest BCUT2D eigenvalue weighted by molar-refractivity contribution is 6.10. The molecule has 0 saturated heterocycles. The SMILES string of the molecule is CN1CN(c2cc(-c3nc(-c4ccccc4)nc(-c4ccc5c6ccccc6n(-c6cc(C(C)(C)C)ccn6)c5c4)n3)cc(C(C)(C)C)c2)c2ccccc21. The third-order valence-corrected chi connectivity index (χ3v) is 10.7. The van der Waals surface area contributed by atoms with Crippen LogP contribution in [0.4, 0.5) is 17.1 Å². The average Bonchev–Trinajstić information content (AvgIpc) is 3.71. The van der Waals surface area contributed by atoms with Gasteiger partial charge in [0.1, 0.15) is 5.82 Å². The first-order valence-electron chi connectivity index (χ1n) is 19.0. The van der Waals surface area contributed by atoms with Crippen LogP contribution in [-0.4, -0.2) is 38.2 Å². The molecule has 0 unspecified atom stereocenters. The lowest BCUT2D eigenvalue weighted by Crippen LogP contribution is -2.24. The maximum Gasteiger partial charge on any atom is 0.164 e. The number of pyridine rings is 1. The number of para-hydroxylation sites is 3. The molecular formula is C48H45N7. The third-order valence-electron chi connectivity index (χ3n) is 10.7. The van der Waals surface area contributed by atoms with Crippen LogP contribution in [0, 0.1) is 0 Å². The Balaban J connectivity index is 1.25. The minimum absolute atomic E-state index is 0.0189. The van der Waals surface area contributed by atoms with Crippen molar-refractivity contribution in [1.29, 1.82) is 0 Å². The topological polar surface area (TPSA) is 63.0 Å². The molecule has 0 N–H and O–H groups in total. The summed E-state index contributed by atoms with van der Waals surface area (Å²) in [7, 11) is 2.14. The molecule has 0 aliphatic carbocycles. The minimum Gasteiger partial charge on any atom is -0.355 e. The second kappa shape index (κ2) is 12.9. The van der Waals surface area contributed by atoms with E-state index in [0.29, 0.717) is 17.5 Å². The van der Waals surface area contributed by atoms with Crippen molar-refractivity contribution >= 4 is 38.9 Å². The van der Waals surface area contributed by atoms with Crippen molar-refractivity contribution in [3.63, 3.8) is 0 Å². The fourth-order valence-electron chi connectivity index (χ4n) is 7.64. The van der Waals surface area contributed by atoms with Crippen molar-refractivity contribution < 1.29 is 0 Å². The molecule has 1 aliphatic rings. The molecule has 3 aromatic heterocycles. The van der Waals surface area contributed by atoms with Gasteiger partial charge in [0.2, 0.25) is 0 Å². The lowest BCUT2D eigenvalue weighted by Gasteiger charge is -2.25. The van der Waals surface area contributed by atoms with Crippen LogP contribution in [0.5, 0.6) is 0 Å². The van der Waals surface area contributed by atoms with Gasteiger partial charge in [0.15, 0.2) is 17.5 Å². The highest BCUT2D eigenvalue weighted by Crippen LogP contribution is 2.42. The fraction of sp³-hybridized carbons (Fsp3) is 0.208. The second-order valence-electron chi connectivity index (χ2n) is 16.7. The highest BCUT2D eigenvalue weighted by atomic mass is 15.4. The van der Waals surface area contributed by atoms with Crippen LogP contribution in [0.25, 0.3) is 61.8 Å². The Labute approximate surface area is 323 Å². The number of rotatable bonds is 5. The first kappa shape index (κ1) is 34.4. The van der Waals surface area contributed by atoms with Gasteiger partial charge in [-0.2, -0.15) is 0 Å². The largest absolute Gasteiger partial charge is 0.355 e. The summed E-state index contributed by atoms with van der Waals surface area (Å²) in [5, 5.41) is 2.33. The van der Waals surface area contributed by atoms with E-state index in [4.69, 9.17) is 19.9 Å². The molecular weight excluding hydrogens is 675 g/mol. The van der Waals surface area contributed by atoms with Crippen LogP contribution in [0.1, 0.15) is 52.7 Å². The molecule has 7 nitrogen and oxygen atoms in total. The van der Waals surface area contributed by atoms with E-state index in [2.05, 4.69) is 172 Å². The number of nitrogens with zero attached hydrogens (tertiary/aromatic N) is 7. The third kappa shape index (κ3) is 6.19. The summed E-state index contributed by atoms with van der Waals surface area (Å²) >= 11 is 0. The minimum atomic E-state index is -0.106. The van der Waals surface area contributed by atoms with Crippen LogP contribution in [0.2, 0.25) is 0 Å². The summed E-state index contributed by atoms with van der Waals surface area (Å²) in [4.78, 5) is 25.2. The second-order valence-corrected chi connectivity index (χ2v) is 16.7. The Morgan fingerprint density at radius 2 is 1.15 bits per heavy atom. The number of hydrogen-bond donors (Lipinski definition) is 0. The zero-order valence-corrected chi connectivity index (χ0v) is 32.5. The number of hydrogen-bond acceptors (Lipinski definition) is 6. The Morgan fingerprint density at radius 1 is 0.509 bits per heavy atom. The predicted molar refractivity (Wildman–Crippen MR) is 228 cm³/mol. The molecule has 0 radical (unpaired) electrons. The van der Waals surface area contributed by atoms with Crippen LogP contribution >= 0.6 is 0 Å². The van der Waals surface area contributed by atoms with Gasteiger partial charge in [-0.15, -0.1) is 0 Å². The smallest absolute Gasteiger partial charge is 0.164 e. The Kier molecular flexibility index (Phi) is 8.08. The zero-order valence-electron chi connectivity index (χ0n) is 32.5. The Hall–Kier alpha value is -6.34. The summed E-state index contributed by atoms with van der Waals surface area (Å²) in [6.45, 7) is 14.2. The van der Waals surface area contributed by atoms with Crippen molar-refractivity contribution in [3.05, 3.63) is 145 Å². The Bertz CT molecular complexity index is 2730. The van der Waals surface area contributed by atoms with Gasteiger partial charge in [-0.25, -0.2) is 19.9 Å². The highest BCUT2D eigenvalue weighted by Gasteiger charge is 2.27. The van der Waals surface area contributed by atoms with Gasteiger partial charge < -0.3 is 9.80 Å². The van der Waals surface area contributed by atoms with Gasteiger partial charge in [-0.1, -0.05) is 114 Å². The molecule has 0 saturated carbocycles. The van der Waals surface area contributed by atoms with E-state index in [0.717, 1.165) is 51.3 Å². The molecule has 8 aromatic rings. The van der Waals surface area contributed by atoms with E-state index in [-0.39, 0.29) is 10.8 Å². The van der Waals surface area contributed by atoms with Crippen LogP contribution < -0.4 is 9.80 Å². The van der Waals surface area contributed by atoms with Crippen molar-refractivity contribution in [2.45, 2.75) is 52.4 Å². The van der Waals surface area contributed by atoms with Crippen molar-refractivity contribution in [3.8, 4) is 40.0 Å². The lowest BCUT2D eigenvalue weighted by molar-refractivity contribution is 0.588. The molecule has 5 aromatic carbocycles. The number of anilines is 3. The normalized spacial score (nSPS) is 13.2. The van der Waals surface area contributed by atoms with E-state index in [1.165, 1.54) is 27.9 Å². The van der Waals surface area contributed by atoms with E-state index < -0.39 is 0 Å². The standard InChI is InChI=1S/C48H45N7/c1-47(2,3)34-23-24-49-43(29-34)55-39-18-12-11-17-37(39)38-22-21-32(27-42(38)55)45-50-44(31-15-9-8-10-16-31)51-46(52-45)33-25-35(48(4,5)6)28-36(26-33)54-30-53(7)40-19-13-14-20-41(40)54/h8-29H,30H2,1-7H3. The van der Waals surface area contributed by atoms with Gasteiger partial charge in [-0.05, 0) is 76.6 Å². The number of fused-ring (bicyclic) bond motifs is 4. The maximum absolute atomic E-state index is 5.28. The van der Waals surface area contributed by atoms with Crippen molar-refractivity contribution in [2.24, 2.45) is 0 Å². The van der Waals surface area contributed by atoms with Gasteiger partial charge in [-0.3, -0.25) is 4.57 Å². The van der Waals surface area contributed by atoms with Gasteiger partial charge in [0, 0.05) is 46.4 Å². The van der Waals surface area contributed by atoms with Gasteiger partial charge >= 0.3 is 0 Å². The quantitative estimate of drug-likeness (QED) is 0.176. The fourth-order valence-corrected chi connectivity index (χ4v) is 7.64. The molecule has 0 amide bonds. The van der Waals surface area contributed by atoms with E-state index in [1.54, 1.807) is 0 Å². The predicted octanol–water partition coefficient (Wildman–Crippen LogP) is 11.5. The van der Waals surface area contributed by atoms with Gasteiger partial charge in [0.05, 0.1) is 29.1 Å². The van der Waals surface area contributed by atoms with E-state index in [9.17, 15) is 0 Å². The molecule has 9 rings (SSSR count). The van der Waals surface area contributed by atoms with E-state index >= 15 is 0 Å². The molecule has 0 bridgehead atoms. The average molecular weight is 720 g/mol. The molecule has 1 aliphatic heterocycles. The van der Waals surface area contributed by atoms with Crippen LogP contribution in [-0.2, 0) is 10.8 Å². The molecule has 7 heteroatoms. The molecule has 4 heterocycles. The summed E-state index contributed by atoms with van der Waals surface area (Å²) in [5.74, 6) is 2.78. The zero-order chi connectivity index (χ0) is 38.1. The van der Waals surface area contributed by atoms with E-state index in [1.807, 2.05) is 24.4 Å². The van der Waals surface area contributed by atoms with Gasteiger partial charge in [0.25, 0.3) is 0 Å². The first-order chi connectivity index (χ1) is 26.4. The summed E-state index contributed by atoms with van der Waals surface area (Å²) < 4.78 is 2.27. The van der Waals surface area contributed by atoms with Crippen LogP contribution in [0.3, 0.4) is 0 Å². The Morgan fingerprint density at radius 3 is 1.89 bits per heavy atom. The lowest BCUT2D eigenvalue weighted by atomic mass is 9.85. The monoisotopic (exact) mass is 719 g/mol. The summed E-state index contributed by atoms with van der Waals surface area (Å²) in [6, 6.07) is 45.0. The summed E-state index contributed by atoms with van der Waals surface area (Å²) in [5.41, 5.74) is 10.8. The first-order valence-corrected chi connectivity index (χ1v) is 19.0. The molecule has 55 heavy (non-hydrogen) atoms. The molecule has 0 spiro atoms. The number of aromatic nitrogens is 5. The molecule has 0 atom stereocenters. The van der Waals surface area contributed by atoms with Crippen molar-refractivity contribution in [1.82, 2.24) is 24.5 Å². The number of benzene rings is 5. The molecule has 272 valence electrons. The summed E-state index contributed by atoms with van der Waals surface area (Å²) in [6.07, 6.45) is 1.92. The van der Waals surface area contributed by atoms with Crippen molar-refractivity contribution in [2.75, 3.05) is 23.5 Å².